The summed E-state index contributed by atoms with van der Waals surface area (Å²) in [6, 6.07) is 22.1. The van der Waals surface area contributed by atoms with Crippen molar-refractivity contribution in [1.82, 2.24) is 10.2 Å². The van der Waals surface area contributed by atoms with E-state index < -0.39 is 34.1 Å². The lowest BCUT2D eigenvalue weighted by atomic mass is 10.1. The molecule has 0 heterocycles. The van der Waals surface area contributed by atoms with Crippen LogP contribution in [0.3, 0.4) is 0 Å². The Morgan fingerprint density at radius 3 is 2.09 bits per heavy atom. The zero-order valence-electron chi connectivity index (χ0n) is 25.9. The average molecular weight is 626 g/mol. The molecule has 0 saturated heterocycles. The lowest BCUT2D eigenvalue weighted by Crippen LogP contribution is -2.56. The molecule has 1 N–H and O–H groups in total. The van der Waals surface area contributed by atoms with Crippen molar-refractivity contribution in [1.29, 1.82) is 0 Å². The summed E-state index contributed by atoms with van der Waals surface area (Å²) >= 11 is 1.51. The first-order valence-electron chi connectivity index (χ1n) is 14.4. The second kappa shape index (κ2) is 15.3. The molecule has 0 bridgehead atoms. The third kappa shape index (κ3) is 9.49. The van der Waals surface area contributed by atoms with Crippen LogP contribution in [0.4, 0.5) is 5.69 Å². The smallest absolute Gasteiger partial charge is 0.264 e. The van der Waals surface area contributed by atoms with Crippen LogP contribution in [0.15, 0.2) is 88.7 Å². The van der Waals surface area contributed by atoms with Crippen molar-refractivity contribution < 1.29 is 22.7 Å². The Morgan fingerprint density at radius 1 is 0.930 bits per heavy atom. The van der Waals surface area contributed by atoms with Crippen molar-refractivity contribution in [2.24, 2.45) is 0 Å². The SMILES string of the molecule is CCOc1ccc(N(CC(=O)N(CCc2ccccc2)[C@@H](CC)C(=O)NC(C)(C)C)S(=O)(=O)c2ccc(SC)cc2)cc1. The Morgan fingerprint density at radius 2 is 1.56 bits per heavy atom. The zero-order valence-corrected chi connectivity index (χ0v) is 27.5. The van der Waals surface area contributed by atoms with Gasteiger partial charge in [0.05, 0.1) is 17.2 Å². The van der Waals surface area contributed by atoms with E-state index in [1.165, 1.54) is 16.7 Å². The molecule has 1 atom stereocenters. The Labute approximate surface area is 260 Å². The highest BCUT2D eigenvalue weighted by Gasteiger charge is 2.34. The van der Waals surface area contributed by atoms with E-state index in [-0.39, 0.29) is 17.3 Å². The number of hydrogen-bond acceptors (Lipinski definition) is 6. The highest BCUT2D eigenvalue weighted by Crippen LogP contribution is 2.28. The summed E-state index contributed by atoms with van der Waals surface area (Å²) in [5.41, 5.74) is 0.830. The van der Waals surface area contributed by atoms with Gasteiger partial charge in [-0.1, -0.05) is 37.3 Å². The van der Waals surface area contributed by atoms with Crippen LogP contribution >= 0.6 is 11.8 Å². The molecule has 2 amide bonds. The lowest BCUT2D eigenvalue weighted by molar-refractivity contribution is -0.140. The summed E-state index contributed by atoms with van der Waals surface area (Å²) < 4.78 is 34.8. The maximum Gasteiger partial charge on any atom is 0.264 e. The molecule has 43 heavy (non-hydrogen) atoms. The molecule has 3 rings (SSSR count). The van der Waals surface area contributed by atoms with Gasteiger partial charge in [0.25, 0.3) is 10.0 Å². The minimum atomic E-state index is -4.15. The van der Waals surface area contributed by atoms with Gasteiger partial charge in [0.15, 0.2) is 0 Å². The van der Waals surface area contributed by atoms with Crippen LogP contribution in [0.1, 0.15) is 46.6 Å². The van der Waals surface area contributed by atoms with Gasteiger partial charge in [-0.3, -0.25) is 13.9 Å². The van der Waals surface area contributed by atoms with Gasteiger partial charge in [-0.25, -0.2) is 8.42 Å². The van der Waals surface area contributed by atoms with E-state index in [1.54, 1.807) is 48.5 Å². The van der Waals surface area contributed by atoms with Crippen LogP contribution in [0.25, 0.3) is 0 Å². The Balaban J connectivity index is 2.03. The van der Waals surface area contributed by atoms with Crippen LogP contribution < -0.4 is 14.4 Å². The van der Waals surface area contributed by atoms with Gasteiger partial charge in [-0.2, -0.15) is 0 Å². The lowest BCUT2D eigenvalue weighted by Gasteiger charge is -2.34. The van der Waals surface area contributed by atoms with Gasteiger partial charge in [0.2, 0.25) is 11.8 Å². The van der Waals surface area contributed by atoms with Crippen LogP contribution in [0, 0.1) is 0 Å². The molecule has 0 fully saturated rings. The molecule has 0 radical (unpaired) electrons. The monoisotopic (exact) mass is 625 g/mol. The molecule has 3 aromatic rings. The van der Waals surface area contributed by atoms with Gasteiger partial charge in [0, 0.05) is 17.0 Å². The van der Waals surface area contributed by atoms with E-state index in [4.69, 9.17) is 4.74 Å². The van der Waals surface area contributed by atoms with Crippen molar-refractivity contribution in [3.63, 3.8) is 0 Å². The second-order valence-corrected chi connectivity index (χ2v) is 13.8. The Kier molecular flexibility index (Phi) is 12.1. The molecule has 0 spiro atoms. The maximum atomic E-state index is 14.2. The van der Waals surface area contributed by atoms with Gasteiger partial charge < -0.3 is 15.0 Å². The molecule has 0 saturated carbocycles. The fourth-order valence-electron chi connectivity index (χ4n) is 4.63. The summed E-state index contributed by atoms with van der Waals surface area (Å²) in [4.78, 5) is 30.1. The zero-order chi connectivity index (χ0) is 31.6. The molecule has 232 valence electrons. The number of hydrogen-bond donors (Lipinski definition) is 1. The molecule has 8 nitrogen and oxygen atoms in total. The van der Waals surface area contributed by atoms with Gasteiger partial charge in [-0.05, 0) is 101 Å². The third-order valence-corrected chi connectivity index (χ3v) is 9.26. The van der Waals surface area contributed by atoms with E-state index >= 15 is 0 Å². The van der Waals surface area contributed by atoms with Crippen LogP contribution in [-0.2, 0) is 26.0 Å². The number of anilines is 1. The molecule has 0 aliphatic rings. The van der Waals surface area contributed by atoms with E-state index in [1.807, 2.05) is 71.2 Å². The van der Waals surface area contributed by atoms with Crippen LogP contribution in [0.2, 0.25) is 0 Å². The van der Waals surface area contributed by atoms with Crippen molar-refractivity contribution in [2.75, 3.05) is 30.3 Å². The minimum absolute atomic E-state index is 0.0698. The first kappa shape index (κ1) is 34.0. The number of nitrogens with zero attached hydrogens (tertiary/aromatic N) is 2. The van der Waals surface area contributed by atoms with Crippen LogP contribution in [-0.4, -0.2) is 62.7 Å². The second-order valence-electron chi connectivity index (χ2n) is 11.1. The number of sulfonamides is 1. The van der Waals surface area contributed by atoms with E-state index in [9.17, 15) is 18.0 Å². The molecule has 0 aliphatic carbocycles. The molecule has 0 unspecified atom stereocenters. The van der Waals surface area contributed by atoms with E-state index in [0.717, 1.165) is 14.8 Å². The topological polar surface area (TPSA) is 96.0 Å². The number of amides is 2. The van der Waals surface area contributed by atoms with Gasteiger partial charge >= 0.3 is 0 Å². The normalized spacial score (nSPS) is 12.3. The number of thioether (sulfide) groups is 1. The van der Waals surface area contributed by atoms with E-state index in [2.05, 4.69) is 5.32 Å². The fourth-order valence-corrected chi connectivity index (χ4v) is 6.45. The molecule has 0 aliphatic heterocycles. The van der Waals surface area contributed by atoms with Gasteiger partial charge in [0.1, 0.15) is 18.3 Å². The highest BCUT2D eigenvalue weighted by molar-refractivity contribution is 7.98. The van der Waals surface area contributed by atoms with Crippen molar-refractivity contribution in [2.45, 2.75) is 68.8 Å². The summed E-state index contributed by atoms with van der Waals surface area (Å²) in [5.74, 6) is -0.154. The molecule has 0 aromatic heterocycles. The van der Waals surface area contributed by atoms with Gasteiger partial charge in [-0.15, -0.1) is 11.8 Å². The summed E-state index contributed by atoms with van der Waals surface area (Å²) in [6.07, 6.45) is 2.80. The molecular weight excluding hydrogens is 583 g/mol. The fraction of sp³-hybridized carbons (Fsp3) is 0.394. The Hall–Kier alpha value is -3.50. The predicted molar refractivity (Wildman–Crippen MR) is 174 cm³/mol. The third-order valence-electron chi connectivity index (χ3n) is 6.73. The molecule has 10 heteroatoms. The number of carbonyl (C=O) groups is 2. The maximum absolute atomic E-state index is 14.2. The highest BCUT2D eigenvalue weighted by atomic mass is 32.2. The number of rotatable bonds is 14. The predicted octanol–water partition coefficient (Wildman–Crippen LogP) is 5.77. The van der Waals surface area contributed by atoms with Crippen LogP contribution in [0.5, 0.6) is 5.75 Å². The molecular formula is C33H43N3O5S2. The largest absolute Gasteiger partial charge is 0.494 e. The Bertz CT molecular complexity index is 1440. The number of carbonyl (C=O) groups excluding carboxylic acids is 2. The van der Waals surface area contributed by atoms with E-state index in [0.29, 0.717) is 30.9 Å². The molecule has 3 aromatic carbocycles. The quantitative estimate of drug-likeness (QED) is 0.229. The number of benzene rings is 3. The number of nitrogens with one attached hydrogen (secondary N) is 1. The first-order chi connectivity index (χ1) is 20.4. The minimum Gasteiger partial charge on any atom is -0.494 e. The summed E-state index contributed by atoms with van der Waals surface area (Å²) in [6.45, 7) is 9.61. The first-order valence-corrected chi connectivity index (χ1v) is 17.1. The number of ether oxygens (including phenoxy) is 1. The van der Waals surface area contributed by atoms with Crippen molar-refractivity contribution in [3.8, 4) is 5.75 Å². The average Bonchev–Trinajstić information content (AvgIpc) is 2.98. The van der Waals surface area contributed by atoms with Crippen molar-refractivity contribution >= 4 is 39.3 Å². The van der Waals surface area contributed by atoms with Crippen molar-refractivity contribution in [3.05, 3.63) is 84.4 Å². The standard InChI is InChI=1S/C33H43N3O5S2/c1-7-30(32(38)34-33(3,4)5)35(23-22-25-12-10-9-11-13-25)31(37)24-36(26-14-16-27(17-15-26)41-8-2)43(39,40)29-20-18-28(42-6)19-21-29/h9-21,30H,7-8,22-24H2,1-6H3,(H,34,38)/t30-/m0/s1. The summed E-state index contributed by atoms with van der Waals surface area (Å²) in [5, 5.41) is 2.99. The summed E-state index contributed by atoms with van der Waals surface area (Å²) in [7, 11) is -4.15.